The molecule has 1 aliphatic carbocycles. The Labute approximate surface area is 137 Å². The molecule has 1 aromatic carbocycles. The lowest BCUT2D eigenvalue weighted by molar-refractivity contribution is 0.0991. The summed E-state index contributed by atoms with van der Waals surface area (Å²) in [7, 11) is 3.91. The highest BCUT2D eigenvalue weighted by Crippen LogP contribution is 2.34. The molecule has 0 heterocycles. The van der Waals surface area contributed by atoms with Crippen molar-refractivity contribution in [3.8, 4) is 5.75 Å². The molecule has 0 amide bonds. The van der Waals surface area contributed by atoms with Gasteiger partial charge in [0.2, 0.25) is 0 Å². The zero-order valence-corrected chi connectivity index (χ0v) is 14.9. The monoisotopic (exact) mass is 354 g/mol. The van der Waals surface area contributed by atoms with E-state index in [-0.39, 0.29) is 6.04 Å². The molecule has 2 N–H and O–H groups in total. The molecule has 118 valence electrons. The summed E-state index contributed by atoms with van der Waals surface area (Å²) in [4.78, 5) is 2.48. The van der Waals surface area contributed by atoms with Gasteiger partial charge in [-0.3, -0.25) is 4.90 Å². The number of likely N-dealkylation sites (N-methyl/N-ethyl adjacent to an activating group) is 1. The van der Waals surface area contributed by atoms with E-state index in [9.17, 15) is 0 Å². The number of hydrogen-bond donors (Lipinski definition) is 1. The van der Waals surface area contributed by atoms with Crippen molar-refractivity contribution in [2.75, 3.05) is 20.7 Å². The molecule has 21 heavy (non-hydrogen) atoms. The van der Waals surface area contributed by atoms with Gasteiger partial charge >= 0.3 is 0 Å². The molecule has 0 spiro atoms. The zero-order chi connectivity index (χ0) is 15.4. The fraction of sp³-hybridized carbons (Fsp3) is 0.647. The van der Waals surface area contributed by atoms with Crippen molar-refractivity contribution in [2.45, 2.75) is 44.7 Å². The second kappa shape index (κ2) is 7.61. The summed E-state index contributed by atoms with van der Waals surface area (Å²) in [6.45, 7) is 3.01. The second-order valence-electron chi connectivity index (χ2n) is 6.14. The van der Waals surface area contributed by atoms with Crippen LogP contribution in [-0.2, 0) is 0 Å². The van der Waals surface area contributed by atoms with Gasteiger partial charge in [-0.2, -0.15) is 0 Å². The average Bonchev–Trinajstić information content (AvgIpc) is 2.48. The number of ether oxygens (including phenoxy) is 1. The molecule has 1 aliphatic rings. The minimum atomic E-state index is 0.262. The van der Waals surface area contributed by atoms with Crippen molar-refractivity contribution in [1.82, 2.24) is 4.90 Å². The maximum Gasteiger partial charge on any atom is 0.133 e. The molecule has 0 aliphatic heterocycles. The third-order valence-corrected chi connectivity index (χ3v) is 5.48. The topological polar surface area (TPSA) is 38.5 Å². The smallest absolute Gasteiger partial charge is 0.133 e. The minimum Gasteiger partial charge on any atom is -0.496 e. The lowest BCUT2D eigenvalue weighted by Gasteiger charge is -2.40. The van der Waals surface area contributed by atoms with Gasteiger partial charge in [0.25, 0.3) is 0 Å². The molecule has 3 atom stereocenters. The number of nitrogens with zero attached hydrogens (tertiary/aromatic N) is 1. The molecule has 2 rings (SSSR count). The first-order chi connectivity index (χ1) is 10.1. The van der Waals surface area contributed by atoms with Gasteiger partial charge < -0.3 is 10.5 Å². The molecular weight excluding hydrogens is 328 g/mol. The van der Waals surface area contributed by atoms with Crippen molar-refractivity contribution in [2.24, 2.45) is 11.7 Å². The Morgan fingerprint density at radius 1 is 1.38 bits per heavy atom. The largest absolute Gasteiger partial charge is 0.496 e. The number of rotatable bonds is 5. The van der Waals surface area contributed by atoms with E-state index in [0.717, 1.165) is 16.1 Å². The van der Waals surface area contributed by atoms with Gasteiger partial charge in [-0.1, -0.05) is 25.8 Å². The molecule has 4 heteroatoms. The Hall–Kier alpha value is -0.580. The maximum absolute atomic E-state index is 6.09. The van der Waals surface area contributed by atoms with Gasteiger partial charge in [-0.15, -0.1) is 0 Å². The Kier molecular flexibility index (Phi) is 6.08. The Morgan fingerprint density at radius 3 is 2.67 bits per heavy atom. The first-order valence-corrected chi connectivity index (χ1v) is 8.63. The van der Waals surface area contributed by atoms with Gasteiger partial charge in [0.05, 0.1) is 11.6 Å². The summed E-state index contributed by atoms with van der Waals surface area (Å²) < 4.78 is 6.31. The van der Waals surface area contributed by atoms with Crippen LogP contribution in [0.1, 0.15) is 44.2 Å². The van der Waals surface area contributed by atoms with E-state index in [1.165, 1.54) is 31.2 Å². The van der Waals surface area contributed by atoms with Gasteiger partial charge in [0.15, 0.2) is 0 Å². The molecule has 3 nitrogen and oxygen atoms in total. The van der Waals surface area contributed by atoms with Gasteiger partial charge in [0.1, 0.15) is 5.75 Å². The Balaban J connectivity index is 2.19. The van der Waals surface area contributed by atoms with Crippen LogP contribution in [0.5, 0.6) is 5.75 Å². The zero-order valence-electron chi connectivity index (χ0n) is 13.3. The highest BCUT2D eigenvalue weighted by Gasteiger charge is 2.29. The van der Waals surface area contributed by atoms with E-state index in [1.807, 2.05) is 6.07 Å². The third-order valence-electron chi connectivity index (χ3n) is 4.86. The molecule has 0 aromatic heterocycles. The lowest BCUT2D eigenvalue weighted by Crippen LogP contribution is -2.43. The lowest BCUT2D eigenvalue weighted by atomic mass is 9.84. The molecule has 0 bridgehead atoms. The normalized spacial score (nSPS) is 24.1. The van der Waals surface area contributed by atoms with Crippen LogP contribution in [-0.4, -0.2) is 31.6 Å². The summed E-state index contributed by atoms with van der Waals surface area (Å²) in [5, 5.41) is 0. The first kappa shape index (κ1) is 16.8. The molecule has 0 saturated heterocycles. The molecule has 0 radical (unpaired) electrons. The Bertz CT molecular complexity index is 466. The van der Waals surface area contributed by atoms with Crippen LogP contribution < -0.4 is 10.5 Å². The first-order valence-electron chi connectivity index (χ1n) is 7.84. The van der Waals surface area contributed by atoms with Crippen LogP contribution in [0.2, 0.25) is 0 Å². The van der Waals surface area contributed by atoms with Gasteiger partial charge in [-0.05, 0) is 59.4 Å². The van der Waals surface area contributed by atoms with Crippen molar-refractivity contribution < 1.29 is 4.74 Å². The number of methoxy groups -OCH3 is 1. The fourth-order valence-corrected chi connectivity index (χ4v) is 4.12. The van der Waals surface area contributed by atoms with E-state index in [0.29, 0.717) is 12.6 Å². The van der Waals surface area contributed by atoms with Crippen molar-refractivity contribution in [3.05, 3.63) is 28.2 Å². The summed E-state index contributed by atoms with van der Waals surface area (Å²) in [5.41, 5.74) is 7.35. The van der Waals surface area contributed by atoms with Crippen LogP contribution in [0.25, 0.3) is 0 Å². The minimum absolute atomic E-state index is 0.262. The molecule has 1 saturated carbocycles. The van der Waals surface area contributed by atoms with Gasteiger partial charge in [-0.25, -0.2) is 0 Å². The van der Waals surface area contributed by atoms with E-state index in [2.05, 4.69) is 46.9 Å². The third kappa shape index (κ3) is 3.79. The van der Waals surface area contributed by atoms with E-state index < -0.39 is 0 Å². The standard InChI is InChI=1S/C17H27BrN2O/c1-12-6-4-5-7-15(12)20(2)16(11-19)13-8-9-17(21-3)14(18)10-13/h8-10,12,15-16H,4-7,11,19H2,1-3H3. The quantitative estimate of drug-likeness (QED) is 0.869. The predicted molar refractivity (Wildman–Crippen MR) is 91.7 cm³/mol. The highest BCUT2D eigenvalue weighted by atomic mass is 79.9. The second-order valence-corrected chi connectivity index (χ2v) is 6.99. The van der Waals surface area contributed by atoms with Gasteiger partial charge in [0, 0.05) is 18.6 Å². The Morgan fingerprint density at radius 2 is 2.10 bits per heavy atom. The predicted octanol–water partition coefficient (Wildman–Crippen LogP) is 3.97. The molecule has 3 unspecified atom stereocenters. The van der Waals surface area contributed by atoms with E-state index in [1.54, 1.807) is 7.11 Å². The summed E-state index contributed by atoms with van der Waals surface area (Å²) >= 11 is 3.58. The molecule has 1 fully saturated rings. The summed E-state index contributed by atoms with van der Waals surface area (Å²) in [5.74, 6) is 1.61. The molecule has 1 aromatic rings. The van der Waals surface area contributed by atoms with E-state index >= 15 is 0 Å². The average molecular weight is 355 g/mol. The van der Waals surface area contributed by atoms with Crippen LogP contribution >= 0.6 is 15.9 Å². The summed E-state index contributed by atoms with van der Waals surface area (Å²) in [6, 6.07) is 7.18. The number of hydrogen-bond acceptors (Lipinski definition) is 3. The van der Waals surface area contributed by atoms with Crippen LogP contribution in [0.4, 0.5) is 0 Å². The maximum atomic E-state index is 6.09. The van der Waals surface area contributed by atoms with Crippen LogP contribution in [0.15, 0.2) is 22.7 Å². The number of nitrogens with two attached hydrogens (primary N) is 1. The van der Waals surface area contributed by atoms with Crippen LogP contribution in [0.3, 0.4) is 0 Å². The van der Waals surface area contributed by atoms with Crippen molar-refractivity contribution in [3.63, 3.8) is 0 Å². The van der Waals surface area contributed by atoms with E-state index in [4.69, 9.17) is 10.5 Å². The fourth-order valence-electron chi connectivity index (χ4n) is 3.56. The number of halogens is 1. The van der Waals surface area contributed by atoms with Crippen molar-refractivity contribution >= 4 is 15.9 Å². The summed E-state index contributed by atoms with van der Waals surface area (Å²) in [6.07, 6.45) is 5.32. The van der Waals surface area contributed by atoms with Crippen molar-refractivity contribution in [1.29, 1.82) is 0 Å². The highest BCUT2D eigenvalue weighted by molar-refractivity contribution is 9.10. The number of benzene rings is 1. The SMILES string of the molecule is COc1ccc(C(CN)N(C)C2CCCCC2C)cc1Br. The van der Waals surface area contributed by atoms with Crippen LogP contribution in [0, 0.1) is 5.92 Å². The molecular formula is C17H27BrN2O.